The number of nitrogens with two attached hydrogens (primary N) is 1. The molecule has 0 atom stereocenters. The van der Waals surface area contributed by atoms with Crippen molar-refractivity contribution in [1.82, 2.24) is 0 Å². The molecule has 0 aliphatic carbocycles. The molecule has 0 saturated carbocycles. The molecule has 0 rings (SSSR count). The van der Waals surface area contributed by atoms with E-state index in [0.29, 0.717) is 0 Å². The van der Waals surface area contributed by atoms with Crippen molar-refractivity contribution in [3.8, 4) is 11.8 Å². The third kappa shape index (κ3) is 5.13. The van der Waals surface area contributed by atoms with Crippen LogP contribution < -0.4 is 5.73 Å². The molecule has 0 radical (unpaired) electrons. The molecular formula is C7H11NO2. The molecule has 56 valence electrons. The van der Waals surface area contributed by atoms with E-state index in [1.807, 2.05) is 0 Å². The van der Waals surface area contributed by atoms with E-state index in [4.69, 9.17) is 5.73 Å². The maximum Gasteiger partial charge on any atom is 0.384 e. The van der Waals surface area contributed by atoms with Gasteiger partial charge in [0.2, 0.25) is 0 Å². The number of rotatable bonds is 1. The van der Waals surface area contributed by atoms with Gasteiger partial charge in [-0.05, 0) is 13.8 Å². The van der Waals surface area contributed by atoms with Crippen LogP contribution in [0.1, 0.15) is 13.8 Å². The zero-order valence-corrected chi connectivity index (χ0v) is 6.18. The molecule has 0 aromatic rings. The molecule has 0 aliphatic heterocycles. The Kier molecular flexibility index (Phi) is 4.34. The normalized spacial score (nSPS) is 8.40. The zero-order valence-electron chi connectivity index (χ0n) is 6.18. The smallest absolute Gasteiger partial charge is 0.384 e. The minimum atomic E-state index is -0.513. The van der Waals surface area contributed by atoms with Gasteiger partial charge in [-0.15, -0.1) is 0 Å². The first kappa shape index (κ1) is 8.99. The van der Waals surface area contributed by atoms with Gasteiger partial charge < -0.3 is 10.5 Å². The summed E-state index contributed by atoms with van der Waals surface area (Å²) in [6, 6.07) is 0. The van der Waals surface area contributed by atoms with Gasteiger partial charge in [0.15, 0.2) is 0 Å². The number of carbonyl (C=O) groups excluding carboxylic acids is 1. The van der Waals surface area contributed by atoms with Gasteiger partial charge in [-0.2, -0.15) is 0 Å². The minimum absolute atomic E-state index is 0.112. The van der Waals surface area contributed by atoms with Crippen LogP contribution in [0.15, 0.2) is 0 Å². The molecule has 10 heavy (non-hydrogen) atoms. The highest BCUT2D eigenvalue weighted by Gasteiger charge is 1.98. The van der Waals surface area contributed by atoms with Gasteiger partial charge in [-0.25, -0.2) is 4.79 Å². The van der Waals surface area contributed by atoms with Crippen LogP contribution in [-0.4, -0.2) is 18.6 Å². The lowest BCUT2D eigenvalue weighted by atomic mass is 10.5. The van der Waals surface area contributed by atoms with Gasteiger partial charge in [0.1, 0.15) is 0 Å². The largest absolute Gasteiger partial charge is 0.453 e. The van der Waals surface area contributed by atoms with Gasteiger partial charge >= 0.3 is 5.97 Å². The fourth-order valence-corrected chi connectivity index (χ4v) is 0.367. The predicted molar refractivity (Wildman–Crippen MR) is 38.1 cm³/mol. The quantitative estimate of drug-likeness (QED) is 0.315. The van der Waals surface area contributed by atoms with Crippen molar-refractivity contribution in [1.29, 1.82) is 0 Å². The molecule has 0 heterocycles. The van der Waals surface area contributed by atoms with Crippen LogP contribution in [0.25, 0.3) is 0 Å². The monoisotopic (exact) mass is 141 g/mol. The summed E-state index contributed by atoms with van der Waals surface area (Å²) in [4.78, 5) is 10.6. The molecule has 0 unspecified atom stereocenters. The molecule has 0 aliphatic rings. The molecule has 2 N–H and O–H groups in total. The van der Waals surface area contributed by atoms with Crippen LogP contribution in [0.5, 0.6) is 0 Å². The van der Waals surface area contributed by atoms with Crippen LogP contribution >= 0.6 is 0 Å². The van der Waals surface area contributed by atoms with Crippen molar-refractivity contribution in [3.05, 3.63) is 0 Å². The second-order valence-electron chi connectivity index (χ2n) is 1.96. The summed E-state index contributed by atoms with van der Waals surface area (Å²) in [5, 5.41) is 0. The van der Waals surface area contributed by atoms with Crippen LogP contribution in [0.4, 0.5) is 0 Å². The Hall–Kier alpha value is -1.01. The summed E-state index contributed by atoms with van der Waals surface area (Å²) in [6.07, 6.45) is -0.112. The summed E-state index contributed by atoms with van der Waals surface area (Å²) in [7, 11) is 0. The molecule has 0 amide bonds. The molecule has 0 fully saturated rings. The van der Waals surface area contributed by atoms with Crippen molar-refractivity contribution in [2.75, 3.05) is 6.54 Å². The topological polar surface area (TPSA) is 52.3 Å². The summed E-state index contributed by atoms with van der Waals surface area (Å²) in [5.74, 6) is 4.12. The Morgan fingerprint density at radius 3 is 2.70 bits per heavy atom. The molecule has 0 bridgehead atoms. The average molecular weight is 141 g/mol. The Bertz CT molecular complexity index is 164. The predicted octanol–water partition coefficient (Wildman–Crippen LogP) is -0.0999. The highest BCUT2D eigenvalue weighted by molar-refractivity contribution is 5.88. The maximum absolute atomic E-state index is 10.6. The summed E-state index contributed by atoms with van der Waals surface area (Å²) >= 11 is 0. The number of hydrogen-bond acceptors (Lipinski definition) is 3. The molecule has 0 aromatic heterocycles. The van der Waals surface area contributed by atoms with Crippen LogP contribution in [-0.2, 0) is 9.53 Å². The Labute approximate surface area is 60.5 Å². The van der Waals surface area contributed by atoms with Crippen LogP contribution in [0.2, 0.25) is 0 Å². The molecule has 3 nitrogen and oxygen atoms in total. The van der Waals surface area contributed by atoms with Gasteiger partial charge in [0.05, 0.1) is 12.6 Å². The van der Waals surface area contributed by atoms with Crippen molar-refractivity contribution < 1.29 is 9.53 Å². The first-order valence-corrected chi connectivity index (χ1v) is 3.06. The minimum Gasteiger partial charge on any atom is -0.453 e. The number of ether oxygens (including phenoxy) is 1. The standard InChI is InChI=1S/C7H11NO2/c1-6(2)10-7(9)4-3-5-8/h6H,5,8H2,1-2H3. The zero-order chi connectivity index (χ0) is 7.98. The Balaban J connectivity index is 3.64. The lowest BCUT2D eigenvalue weighted by Gasteiger charge is -2.01. The van der Waals surface area contributed by atoms with E-state index in [1.54, 1.807) is 13.8 Å². The van der Waals surface area contributed by atoms with E-state index in [1.165, 1.54) is 0 Å². The van der Waals surface area contributed by atoms with E-state index in [0.717, 1.165) is 0 Å². The van der Waals surface area contributed by atoms with Crippen molar-refractivity contribution >= 4 is 5.97 Å². The first-order valence-electron chi connectivity index (χ1n) is 3.06. The Morgan fingerprint density at radius 2 is 2.30 bits per heavy atom. The average Bonchev–Trinajstić information content (AvgIpc) is 1.82. The highest BCUT2D eigenvalue weighted by Crippen LogP contribution is 1.86. The van der Waals surface area contributed by atoms with Gasteiger partial charge in [-0.1, -0.05) is 5.92 Å². The molecular weight excluding hydrogens is 130 g/mol. The van der Waals surface area contributed by atoms with E-state index in [-0.39, 0.29) is 12.6 Å². The van der Waals surface area contributed by atoms with Crippen molar-refractivity contribution in [2.24, 2.45) is 5.73 Å². The van der Waals surface area contributed by atoms with Crippen LogP contribution in [0.3, 0.4) is 0 Å². The van der Waals surface area contributed by atoms with Crippen molar-refractivity contribution in [3.63, 3.8) is 0 Å². The SMILES string of the molecule is CC(C)OC(=O)C#CCN. The second kappa shape index (κ2) is 4.83. The fourth-order valence-electron chi connectivity index (χ4n) is 0.367. The lowest BCUT2D eigenvalue weighted by molar-refractivity contribution is -0.140. The third-order valence-corrected chi connectivity index (χ3v) is 0.635. The molecule has 3 heteroatoms. The summed E-state index contributed by atoms with van der Waals surface area (Å²) < 4.78 is 4.68. The number of carbonyl (C=O) groups is 1. The van der Waals surface area contributed by atoms with E-state index < -0.39 is 5.97 Å². The lowest BCUT2D eigenvalue weighted by Crippen LogP contribution is -2.09. The van der Waals surface area contributed by atoms with Crippen molar-refractivity contribution in [2.45, 2.75) is 20.0 Å². The number of hydrogen-bond donors (Lipinski definition) is 1. The van der Waals surface area contributed by atoms with E-state index in [9.17, 15) is 4.79 Å². The first-order chi connectivity index (χ1) is 4.66. The van der Waals surface area contributed by atoms with E-state index in [2.05, 4.69) is 16.6 Å². The second-order valence-corrected chi connectivity index (χ2v) is 1.96. The van der Waals surface area contributed by atoms with Gasteiger partial charge in [-0.3, -0.25) is 0 Å². The Morgan fingerprint density at radius 1 is 1.70 bits per heavy atom. The van der Waals surface area contributed by atoms with Crippen LogP contribution in [0, 0.1) is 11.8 Å². The fraction of sp³-hybridized carbons (Fsp3) is 0.571. The molecule has 0 saturated heterocycles. The number of esters is 1. The summed E-state index contributed by atoms with van der Waals surface area (Å²) in [6.45, 7) is 3.72. The van der Waals surface area contributed by atoms with Gasteiger partial charge in [0.25, 0.3) is 0 Å². The molecule has 0 spiro atoms. The molecule has 0 aromatic carbocycles. The van der Waals surface area contributed by atoms with Gasteiger partial charge in [0, 0.05) is 5.92 Å². The van der Waals surface area contributed by atoms with E-state index >= 15 is 0 Å². The maximum atomic E-state index is 10.6. The summed E-state index contributed by atoms with van der Waals surface area (Å²) in [5.41, 5.74) is 5.03. The highest BCUT2D eigenvalue weighted by atomic mass is 16.5. The third-order valence-electron chi connectivity index (χ3n) is 0.635.